The van der Waals surface area contributed by atoms with Crippen LogP contribution in [0, 0.1) is 0 Å². The molecule has 0 aromatic heterocycles. The van der Waals surface area contributed by atoms with E-state index in [1.54, 1.807) is 12.1 Å². The highest BCUT2D eigenvalue weighted by Crippen LogP contribution is 2.19. The number of carbonyl (C=O) groups is 2. The quantitative estimate of drug-likeness (QED) is 0.521. The third-order valence-corrected chi connectivity index (χ3v) is 5.58. The van der Waals surface area contributed by atoms with E-state index in [9.17, 15) is 9.59 Å². The van der Waals surface area contributed by atoms with Crippen LogP contribution in [0.5, 0.6) is 0 Å². The summed E-state index contributed by atoms with van der Waals surface area (Å²) in [5, 5.41) is 2.83. The summed E-state index contributed by atoms with van der Waals surface area (Å²) in [5.41, 5.74) is 3.02. The molecule has 1 aliphatic heterocycles. The van der Waals surface area contributed by atoms with E-state index in [-0.39, 0.29) is 24.7 Å². The van der Waals surface area contributed by atoms with Crippen LogP contribution in [-0.2, 0) is 20.8 Å². The van der Waals surface area contributed by atoms with Crippen LogP contribution in [-0.4, -0.2) is 55.2 Å². The molecule has 1 amide bonds. The van der Waals surface area contributed by atoms with Gasteiger partial charge in [0.2, 0.25) is 0 Å². The fourth-order valence-corrected chi connectivity index (χ4v) is 4.18. The fraction of sp³-hybridized carbons (Fsp3) is 0.583. The minimum absolute atomic E-state index is 0.230. The molecule has 1 aromatic carbocycles. The van der Waals surface area contributed by atoms with Crippen LogP contribution >= 0.6 is 0 Å². The molecule has 30 heavy (non-hydrogen) atoms. The number of allylic oxidation sites excluding steroid dienone is 1. The number of hydrogen-bond donors (Lipinski definition) is 1. The van der Waals surface area contributed by atoms with E-state index < -0.39 is 5.97 Å². The first-order chi connectivity index (χ1) is 14.5. The summed E-state index contributed by atoms with van der Waals surface area (Å²) in [5.74, 6) is -0.729. The van der Waals surface area contributed by atoms with Crippen molar-refractivity contribution in [2.24, 2.45) is 0 Å². The maximum Gasteiger partial charge on any atom is 0.338 e. The first-order valence-electron chi connectivity index (χ1n) is 11.1. The molecule has 6 nitrogen and oxygen atoms in total. The van der Waals surface area contributed by atoms with Gasteiger partial charge in [0, 0.05) is 26.2 Å². The smallest absolute Gasteiger partial charge is 0.338 e. The highest BCUT2D eigenvalue weighted by molar-refractivity contribution is 5.91. The van der Waals surface area contributed by atoms with Crippen LogP contribution in [0.15, 0.2) is 35.9 Å². The van der Waals surface area contributed by atoms with Gasteiger partial charge in [0.1, 0.15) is 0 Å². The molecule has 6 heteroatoms. The summed E-state index contributed by atoms with van der Waals surface area (Å²) >= 11 is 0. The highest BCUT2D eigenvalue weighted by atomic mass is 16.5. The second kappa shape index (κ2) is 11.3. The standard InChI is InChI=1S/C24H34N2O4/c1-18-14-26(15-19(2)30-18)16-21-8-10-22(11-9-21)24(28)29-17-23(27)25-13-12-20-6-4-3-5-7-20/h6,8-11,18-19H,3-5,7,12-17H2,1-2H3,(H,25,27). The lowest BCUT2D eigenvalue weighted by molar-refractivity contribution is -0.124. The second-order valence-electron chi connectivity index (χ2n) is 8.43. The third kappa shape index (κ3) is 7.26. The molecule has 0 spiro atoms. The van der Waals surface area contributed by atoms with Crippen LogP contribution in [0.3, 0.4) is 0 Å². The summed E-state index contributed by atoms with van der Waals surface area (Å²) in [6.07, 6.45) is 8.39. The number of ether oxygens (including phenoxy) is 2. The van der Waals surface area contributed by atoms with Crippen LogP contribution < -0.4 is 5.32 Å². The topological polar surface area (TPSA) is 67.9 Å². The van der Waals surface area contributed by atoms with Crippen molar-refractivity contribution < 1.29 is 19.1 Å². The van der Waals surface area contributed by atoms with E-state index in [0.717, 1.165) is 44.5 Å². The van der Waals surface area contributed by atoms with E-state index in [1.807, 2.05) is 12.1 Å². The Bertz CT molecular complexity index is 734. The molecule has 2 atom stereocenters. The molecule has 0 saturated carbocycles. The lowest BCUT2D eigenvalue weighted by Crippen LogP contribution is -2.44. The van der Waals surface area contributed by atoms with E-state index >= 15 is 0 Å². The van der Waals surface area contributed by atoms with Gasteiger partial charge < -0.3 is 14.8 Å². The number of nitrogens with zero attached hydrogens (tertiary/aromatic N) is 1. The maximum absolute atomic E-state index is 12.2. The molecule has 1 aromatic rings. The zero-order valence-electron chi connectivity index (χ0n) is 18.2. The number of carbonyl (C=O) groups excluding carboxylic acids is 2. The van der Waals surface area contributed by atoms with Crippen LogP contribution in [0.1, 0.15) is 61.9 Å². The normalized spacial score (nSPS) is 22.3. The Morgan fingerprint density at radius 3 is 2.53 bits per heavy atom. The van der Waals surface area contributed by atoms with E-state index in [0.29, 0.717) is 12.1 Å². The lowest BCUT2D eigenvalue weighted by Gasteiger charge is -2.35. The molecule has 3 rings (SSSR count). The van der Waals surface area contributed by atoms with Gasteiger partial charge >= 0.3 is 5.97 Å². The highest BCUT2D eigenvalue weighted by Gasteiger charge is 2.22. The zero-order valence-corrected chi connectivity index (χ0v) is 18.2. The fourth-order valence-electron chi connectivity index (χ4n) is 4.18. The molecule has 1 saturated heterocycles. The average Bonchev–Trinajstić information content (AvgIpc) is 2.72. The molecular weight excluding hydrogens is 380 g/mol. The SMILES string of the molecule is CC1CN(Cc2ccc(C(=O)OCC(=O)NCCC3=CCCCC3)cc2)CC(C)O1. The molecule has 0 radical (unpaired) electrons. The number of hydrogen-bond acceptors (Lipinski definition) is 5. The summed E-state index contributed by atoms with van der Waals surface area (Å²) in [6.45, 7) is 7.16. The minimum Gasteiger partial charge on any atom is -0.452 e. The van der Waals surface area contributed by atoms with Crippen molar-refractivity contribution in [3.8, 4) is 0 Å². The summed E-state index contributed by atoms with van der Waals surface area (Å²) in [7, 11) is 0. The number of amides is 1. The van der Waals surface area contributed by atoms with Crippen molar-refractivity contribution in [3.63, 3.8) is 0 Å². The number of benzene rings is 1. The van der Waals surface area contributed by atoms with Crippen molar-refractivity contribution in [1.29, 1.82) is 0 Å². The van der Waals surface area contributed by atoms with Crippen molar-refractivity contribution >= 4 is 11.9 Å². The Labute approximate surface area is 179 Å². The van der Waals surface area contributed by atoms with Crippen LogP contribution in [0.2, 0.25) is 0 Å². The molecule has 0 bridgehead atoms. The van der Waals surface area contributed by atoms with Gasteiger partial charge in [-0.25, -0.2) is 4.79 Å². The summed E-state index contributed by atoms with van der Waals surface area (Å²) in [6, 6.07) is 7.41. The average molecular weight is 415 g/mol. The lowest BCUT2D eigenvalue weighted by atomic mass is 9.97. The predicted octanol–water partition coefficient (Wildman–Crippen LogP) is 3.46. The van der Waals surface area contributed by atoms with Gasteiger partial charge in [0.15, 0.2) is 6.61 Å². The minimum atomic E-state index is -0.472. The van der Waals surface area contributed by atoms with Gasteiger partial charge in [-0.05, 0) is 63.6 Å². The van der Waals surface area contributed by atoms with Crippen molar-refractivity contribution in [1.82, 2.24) is 10.2 Å². The summed E-state index contributed by atoms with van der Waals surface area (Å²) in [4.78, 5) is 26.5. The van der Waals surface area contributed by atoms with Gasteiger partial charge in [0.05, 0.1) is 17.8 Å². The maximum atomic E-state index is 12.2. The van der Waals surface area contributed by atoms with Crippen LogP contribution in [0.4, 0.5) is 0 Å². The predicted molar refractivity (Wildman–Crippen MR) is 116 cm³/mol. The third-order valence-electron chi connectivity index (χ3n) is 5.58. The first kappa shape index (κ1) is 22.5. The first-order valence-corrected chi connectivity index (χ1v) is 11.1. The van der Waals surface area contributed by atoms with E-state index in [1.165, 1.54) is 18.4 Å². The van der Waals surface area contributed by atoms with Gasteiger partial charge in [-0.2, -0.15) is 0 Å². The monoisotopic (exact) mass is 414 g/mol. The number of rotatable bonds is 8. The number of morpholine rings is 1. The molecule has 164 valence electrons. The molecule has 2 aliphatic rings. The Morgan fingerprint density at radius 2 is 1.87 bits per heavy atom. The molecular formula is C24H34N2O4. The molecule has 1 N–H and O–H groups in total. The van der Waals surface area contributed by atoms with E-state index in [2.05, 4.69) is 30.1 Å². The Balaban J connectivity index is 1.37. The van der Waals surface area contributed by atoms with Crippen molar-refractivity contribution in [2.75, 3.05) is 26.2 Å². The molecule has 2 unspecified atom stereocenters. The largest absolute Gasteiger partial charge is 0.452 e. The van der Waals surface area contributed by atoms with Gasteiger partial charge in [0.25, 0.3) is 5.91 Å². The van der Waals surface area contributed by atoms with Gasteiger partial charge in [-0.1, -0.05) is 23.8 Å². The van der Waals surface area contributed by atoms with Gasteiger partial charge in [-0.15, -0.1) is 0 Å². The summed E-state index contributed by atoms with van der Waals surface area (Å²) < 4.78 is 10.9. The number of nitrogens with one attached hydrogen (secondary N) is 1. The van der Waals surface area contributed by atoms with Crippen molar-refractivity contribution in [2.45, 2.75) is 64.7 Å². The number of esters is 1. The Hall–Kier alpha value is -2.18. The Morgan fingerprint density at radius 1 is 1.13 bits per heavy atom. The van der Waals surface area contributed by atoms with Gasteiger partial charge in [-0.3, -0.25) is 9.69 Å². The Kier molecular flexibility index (Phi) is 8.46. The molecule has 1 aliphatic carbocycles. The van der Waals surface area contributed by atoms with Crippen molar-refractivity contribution in [3.05, 3.63) is 47.0 Å². The molecule has 1 fully saturated rings. The van der Waals surface area contributed by atoms with Crippen LogP contribution in [0.25, 0.3) is 0 Å². The zero-order chi connectivity index (χ0) is 21.3. The molecule has 1 heterocycles. The van der Waals surface area contributed by atoms with E-state index in [4.69, 9.17) is 9.47 Å². The second-order valence-corrected chi connectivity index (χ2v) is 8.43.